The minimum atomic E-state index is 0.825. The van der Waals surface area contributed by atoms with Gasteiger partial charge in [-0.2, -0.15) is 0 Å². The molecule has 3 heteroatoms. The molecule has 2 heterocycles. The maximum absolute atomic E-state index is 5.21. The summed E-state index contributed by atoms with van der Waals surface area (Å²) in [7, 11) is 0. The lowest BCUT2D eigenvalue weighted by Gasteiger charge is -2.34. The molecule has 0 bridgehead atoms. The SMILES string of the molecule is CCc1nc2cccc3c2n1-c1c(-c2c4ccccc4c(-c4cccc(-c5ccccc5)c4)c4ccccc24)cccc1N3c1ccccc1. The van der Waals surface area contributed by atoms with Crippen molar-refractivity contribution in [3.05, 3.63) is 176 Å². The van der Waals surface area contributed by atoms with E-state index < -0.39 is 0 Å². The van der Waals surface area contributed by atoms with Gasteiger partial charge in [-0.05, 0) is 85.8 Å². The van der Waals surface area contributed by atoms with Crippen LogP contribution in [0.25, 0.3) is 71.6 Å². The summed E-state index contributed by atoms with van der Waals surface area (Å²) in [5.41, 5.74) is 14.1. The first-order valence-electron chi connectivity index (χ1n) is 17.4. The van der Waals surface area contributed by atoms with E-state index in [1.165, 1.54) is 60.6 Å². The van der Waals surface area contributed by atoms with Crippen LogP contribution in [0.3, 0.4) is 0 Å². The molecule has 0 spiro atoms. The first kappa shape index (κ1) is 28.6. The van der Waals surface area contributed by atoms with Crippen LogP contribution in [0.15, 0.2) is 170 Å². The summed E-state index contributed by atoms with van der Waals surface area (Å²) in [6.07, 6.45) is 0.825. The van der Waals surface area contributed by atoms with E-state index in [1.807, 2.05) is 0 Å². The van der Waals surface area contributed by atoms with Gasteiger partial charge in [0, 0.05) is 17.7 Å². The second kappa shape index (κ2) is 11.3. The fourth-order valence-electron chi connectivity index (χ4n) is 8.16. The van der Waals surface area contributed by atoms with Gasteiger partial charge in [0.1, 0.15) is 5.82 Å². The van der Waals surface area contributed by atoms with E-state index in [9.17, 15) is 0 Å². The van der Waals surface area contributed by atoms with Gasteiger partial charge < -0.3 is 4.90 Å². The van der Waals surface area contributed by atoms with Crippen LogP contribution in [0.5, 0.6) is 0 Å². The summed E-state index contributed by atoms with van der Waals surface area (Å²) >= 11 is 0. The van der Waals surface area contributed by atoms with Crippen LogP contribution in [0.2, 0.25) is 0 Å². The molecule has 3 nitrogen and oxygen atoms in total. The van der Waals surface area contributed by atoms with Crippen LogP contribution in [0.1, 0.15) is 12.7 Å². The predicted molar refractivity (Wildman–Crippen MR) is 210 cm³/mol. The summed E-state index contributed by atoms with van der Waals surface area (Å²) in [6, 6.07) is 61.6. The van der Waals surface area contributed by atoms with Crippen LogP contribution in [0, 0.1) is 0 Å². The van der Waals surface area contributed by atoms with Gasteiger partial charge in [-0.1, -0.05) is 140 Å². The smallest absolute Gasteiger partial charge is 0.114 e. The molecule has 10 rings (SSSR count). The monoisotopic (exact) mass is 639 g/mol. The Labute approximate surface area is 291 Å². The largest absolute Gasteiger partial charge is 0.306 e. The number of hydrogen-bond donors (Lipinski definition) is 0. The molecule has 1 aromatic heterocycles. The number of benzene rings is 8. The third-order valence-corrected chi connectivity index (χ3v) is 10.2. The first-order chi connectivity index (χ1) is 24.8. The molecule has 0 fully saturated rings. The Hall–Kier alpha value is -6.45. The van der Waals surface area contributed by atoms with Crippen molar-refractivity contribution in [1.82, 2.24) is 9.55 Å². The minimum Gasteiger partial charge on any atom is -0.306 e. The Morgan fingerprint density at radius 1 is 0.480 bits per heavy atom. The molecule has 9 aromatic rings. The maximum atomic E-state index is 5.21. The first-order valence-corrected chi connectivity index (χ1v) is 17.4. The fourth-order valence-corrected chi connectivity index (χ4v) is 8.16. The molecular formula is C47H33N3. The van der Waals surface area contributed by atoms with Crippen LogP contribution in [-0.4, -0.2) is 9.55 Å². The number of nitrogens with zero attached hydrogens (tertiary/aromatic N) is 3. The molecule has 8 aromatic carbocycles. The normalized spacial score (nSPS) is 12.1. The van der Waals surface area contributed by atoms with Crippen molar-refractivity contribution < 1.29 is 0 Å². The Kier molecular flexibility index (Phi) is 6.47. The zero-order valence-electron chi connectivity index (χ0n) is 27.7. The number of hydrogen-bond acceptors (Lipinski definition) is 2. The third-order valence-electron chi connectivity index (χ3n) is 10.2. The Morgan fingerprint density at radius 3 is 1.74 bits per heavy atom. The lowest BCUT2D eigenvalue weighted by Crippen LogP contribution is -2.19. The molecule has 0 saturated heterocycles. The van der Waals surface area contributed by atoms with Gasteiger partial charge in [0.25, 0.3) is 0 Å². The van der Waals surface area contributed by atoms with Gasteiger partial charge in [0.2, 0.25) is 0 Å². The molecule has 0 atom stereocenters. The van der Waals surface area contributed by atoms with Gasteiger partial charge in [0.05, 0.1) is 28.1 Å². The quantitative estimate of drug-likeness (QED) is 0.175. The number of imidazole rings is 1. The standard InChI is InChI=1S/C47H33N3/c1-2-43-48-40-27-15-29-42-47(40)50(43)46-39(26-14-28-41(46)49(42)34-20-7-4-8-21-34)45-37-24-11-9-22-35(37)44(36-23-10-12-25-38(36)45)33-19-13-18-32(30-33)31-16-5-3-6-17-31/h3-30H,2H2,1H3. The number of para-hydroxylation sites is 3. The highest BCUT2D eigenvalue weighted by Gasteiger charge is 2.31. The van der Waals surface area contributed by atoms with Crippen molar-refractivity contribution in [2.75, 3.05) is 4.90 Å². The molecule has 0 radical (unpaired) electrons. The Morgan fingerprint density at radius 2 is 1.04 bits per heavy atom. The van der Waals surface area contributed by atoms with Crippen molar-refractivity contribution in [2.45, 2.75) is 13.3 Å². The maximum Gasteiger partial charge on any atom is 0.114 e. The molecule has 50 heavy (non-hydrogen) atoms. The van der Waals surface area contributed by atoms with Gasteiger partial charge in [-0.25, -0.2) is 4.98 Å². The topological polar surface area (TPSA) is 21.1 Å². The number of rotatable bonds is 5. The molecule has 0 N–H and O–H groups in total. The van der Waals surface area contributed by atoms with Gasteiger partial charge in [-0.15, -0.1) is 0 Å². The van der Waals surface area contributed by atoms with Crippen LogP contribution >= 0.6 is 0 Å². The summed E-state index contributed by atoms with van der Waals surface area (Å²) in [5, 5.41) is 4.96. The number of aryl methyl sites for hydroxylation is 1. The van der Waals surface area contributed by atoms with Gasteiger partial charge in [0.15, 0.2) is 0 Å². The van der Waals surface area contributed by atoms with Crippen molar-refractivity contribution in [3.63, 3.8) is 0 Å². The molecule has 1 aliphatic heterocycles. The van der Waals surface area contributed by atoms with Crippen LogP contribution < -0.4 is 4.90 Å². The average molecular weight is 640 g/mol. The number of aromatic nitrogens is 2. The number of fused-ring (bicyclic) bond motifs is 4. The lowest BCUT2D eigenvalue weighted by atomic mass is 9.84. The van der Waals surface area contributed by atoms with Crippen molar-refractivity contribution in [1.29, 1.82) is 0 Å². The minimum absolute atomic E-state index is 0.825. The van der Waals surface area contributed by atoms with E-state index in [0.717, 1.165) is 40.3 Å². The zero-order valence-corrected chi connectivity index (χ0v) is 27.7. The molecule has 236 valence electrons. The lowest BCUT2D eigenvalue weighted by molar-refractivity contribution is 0.902. The van der Waals surface area contributed by atoms with E-state index >= 15 is 0 Å². The Bertz CT molecular complexity index is 2680. The summed E-state index contributed by atoms with van der Waals surface area (Å²) in [5.74, 6) is 1.07. The van der Waals surface area contributed by atoms with E-state index in [1.54, 1.807) is 0 Å². The highest BCUT2D eigenvalue weighted by molar-refractivity contribution is 6.23. The molecule has 0 aliphatic carbocycles. The van der Waals surface area contributed by atoms with Crippen molar-refractivity contribution in [3.8, 4) is 39.1 Å². The summed E-state index contributed by atoms with van der Waals surface area (Å²) < 4.78 is 2.44. The highest BCUT2D eigenvalue weighted by atomic mass is 15.2. The van der Waals surface area contributed by atoms with E-state index in [2.05, 4.69) is 186 Å². The zero-order chi connectivity index (χ0) is 33.2. The Balaban J connectivity index is 1.32. The molecule has 0 saturated carbocycles. The molecule has 0 unspecified atom stereocenters. The highest BCUT2D eigenvalue weighted by Crippen LogP contribution is 2.52. The molecule has 1 aliphatic rings. The fraction of sp³-hybridized carbons (Fsp3) is 0.0426. The van der Waals surface area contributed by atoms with Crippen molar-refractivity contribution in [2.24, 2.45) is 0 Å². The molecular weight excluding hydrogens is 607 g/mol. The van der Waals surface area contributed by atoms with Crippen LogP contribution in [0.4, 0.5) is 17.1 Å². The van der Waals surface area contributed by atoms with Crippen LogP contribution in [-0.2, 0) is 6.42 Å². The predicted octanol–water partition coefficient (Wildman–Crippen LogP) is 12.7. The van der Waals surface area contributed by atoms with Gasteiger partial charge in [-0.3, -0.25) is 4.57 Å². The summed E-state index contributed by atoms with van der Waals surface area (Å²) in [6.45, 7) is 2.21. The number of anilines is 3. The average Bonchev–Trinajstić information content (AvgIpc) is 3.57. The summed E-state index contributed by atoms with van der Waals surface area (Å²) in [4.78, 5) is 7.63. The third kappa shape index (κ3) is 4.20. The van der Waals surface area contributed by atoms with E-state index in [-0.39, 0.29) is 0 Å². The van der Waals surface area contributed by atoms with E-state index in [4.69, 9.17) is 4.98 Å². The van der Waals surface area contributed by atoms with E-state index in [0.29, 0.717) is 0 Å². The molecule has 0 amide bonds. The second-order valence-corrected chi connectivity index (χ2v) is 13.0. The second-order valence-electron chi connectivity index (χ2n) is 13.0. The van der Waals surface area contributed by atoms with Gasteiger partial charge >= 0.3 is 0 Å². The van der Waals surface area contributed by atoms with Crippen molar-refractivity contribution >= 4 is 49.6 Å².